The molecule has 1 aromatic heterocycles. The lowest BCUT2D eigenvalue weighted by atomic mass is 10.0. The van der Waals surface area contributed by atoms with Gasteiger partial charge in [-0.25, -0.2) is 0 Å². The minimum Gasteiger partial charge on any atom is -0.461 e. The topological polar surface area (TPSA) is 88.3 Å². The minimum atomic E-state index is -0.336. The van der Waals surface area contributed by atoms with E-state index < -0.39 is 0 Å². The van der Waals surface area contributed by atoms with E-state index in [-0.39, 0.29) is 24.9 Å². The van der Waals surface area contributed by atoms with Crippen LogP contribution in [0.1, 0.15) is 54.0 Å². The summed E-state index contributed by atoms with van der Waals surface area (Å²) in [5.41, 5.74) is 5.24. The third-order valence-electron chi connectivity index (χ3n) is 4.53. The highest BCUT2D eigenvalue weighted by atomic mass is 16.5. The van der Waals surface area contributed by atoms with Crippen LogP contribution in [0.4, 0.5) is 0 Å². The first-order valence-corrected chi connectivity index (χ1v) is 8.59. The van der Waals surface area contributed by atoms with Crippen molar-refractivity contribution in [2.45, 2.75) is 40.0 Å². The fraction of sp³-hybridized carbons (Fsp3) is 0.350. The van der Waals surface area contributed by atoms with Crippen LogP contribution in [0.25, 0.3) is 6.08 Å². The fourth-order valence-electron chi connectivity index (χ4n) is 3.04. The number of nitrogens with one attached hydrogen (secondary N) is 2. The molecule has 2 N–H and O–H groups in total. The number of rotatable bonds is 8. The molecule has 138 valence electrons. The zero-order valence-corrected chi connectivity index (χ0v) is 15.4. The lowest BCUT2D eigenvalue weighted by Gasteiger charge is -2.03. The van der Waals surface area contributed by atoms with Crippen LogP contribution in [0.5, 0.6) is 0 Å². The molecule has 2 heterocycles. The van der Waals surface area contributed by atoms with Crippen LogP contribution in [0, 0.1) is 6.92 Å². The number of allylic oxidation sites excluding steroid dienone is 1. The van der Waals surface area contributed by atoms with Crippen LogP contribution < -0.4 is 5.32 Å². The molecule has 2 rings (SSSR count). The summed E-state index contributed by atoms with van der Waals surface area (Å²) in [5, 5.41) is 2.86. The Bertz CT molecular complexity index is 812. The highest BCUT2D eigenvalue weighted by Crippen LogP contribution is 2.27. The van der Waals surface area contributed by atoms with Gasteiger partial charge in [-0.05, 0) is 49.5 Å². The maximum atomic E-state index is 12.0. The van der Waals surface area contributed by atoms with Gasteiger partial charge in [0.1, 0.15) is 6.61 Å². The molecule has 1 aliphatic rings. The first-order valence-electron chi connectivity index (χ1n) is 8.59. The Morgan fingerprint density at radius 1 is 1.27 bits per heavy atom. The second-order valence-corrected chi connectivity index (χ2v) is 6.11. The van der Waals surface area contributed by atoms with Crippen molar-refractivity contribution in [1.29, 1.82) is 0 Å². The molecular formula is C20H24N2O4. The molecule has 0 bridgehead atoms. The molecule has 6 heteroatoms. The van der Waals surface area contributed by atoms with Gasteiger partial charge < -0.3 is 15.0 Å². The Morgan fingerprint density at radius 2 is 2.00 bits per heavy atom. The molecule has 0 spiro atoms. The van der Waals surface area contributed by atoms with E-state index in [2.05, 4.69) is 16.9 Å². The van der Waals surface area contributed by atoms with Crippen LogP contribution in [0.2, 0.25) is 0 Å². The third kappa shape index (κ3) is 4.02. The predicted octanol–water partition coefficient (Wildman–Crippen LogP) is 2.99. The van der Waals surface area contributed by atoms with Crippen LogP contribution in [-0.4, -0.2) is 29.8 Å². The maximum Gasteiger partial charge on any atom is 0.306 e. The average Bonchev–Trinajstić information content (AvgIpc) is 3.07. The molecule has 26 heavy (non-hydrogen) atoms. The van der Waals surface area contributed by atoms with Gasteiger partial charge in [-0.2, -0.15) is 0 Å². The Hall–Kier alpha value is -2.89. The van der Waals surface area contributed by atoms with Gasteiger partial charge in [0.2, 0.25) is 0 Å². The number of ether oxygens (including phenoxy) is 1. The van der Waals surface area contributed by atoms with Crippen molar-refractivity contribution in [2.75, 3.05) is 6.61 Å². The van der Waals surface area contributed by atoms with Gasteiger partial charge in [0, 0.05) is 23.4 Å². The fourth-order valence-corrected chi connectivity index (χ4v) is 3.04. The summed E-state index contributed by atoms with van der Waals surface area (Å²) in [6.45, 7) is 9.40. The summed E-state index contributed by atoms with van der Waals surface area (Å²) >= 11 is 0. The van der Waals surface area contributed by atoms with Crippen LogP contribution in [-0.2, 0) is 20.7 Å². The number of aldehydes is 1. The van der Waals surface area contributed by atoms with E-state index in [1.807, 2.05) is 26.8 Å². The number of esters is 1. The molecule has 1 amide bonds. The lowest BCUT2D eigenvalue weighted by molar-refractivity contribution is -0.142. The van der Waals surface area contributed by atoms with Crippen molar-refractivity contribution >= 4 is 24.2 Å². The number of aromatic amines is 1. The molecule has 0 atom stereocenters. The summed E-state index contributed by atoms with van der Waals surface area (Å²) in [6, 6.07) is 0. The van der Waals surface area contributed by atoms with Gasteiger partial charge in [0.15, 0.2) is 6.29 Å². The highest BCUT2D eigenvalue weighted by Gasteiger charge is 2.23. The Morgan fingerprint density at radius 3 is 2.58 bits per heavy atom. The Labute approximate surface area is 153 Å². The molecule has 1 aromatic rings. The maximum absolute atomic E-state index is 12.0. The van der Waals surface area contributed by atoms with Crippen molar-refractivity contribution in [1.82, 2.24) is 10.3 Å². The van der Waals surface area contributed by atoms with E-state index in [4.69, 9.17) is 4.74 Å². The molecule has 0 saturated carbocycles. The molecule has 0 unspecified atom stereocenters. The van der Waals surface area contributed by atoms with Gasteiger partial charge in [-0.3, -0.25) is 14.4 Å². The number of hydrogen-bond acceptors (Lipinski definition) is 4. The van der Waals surface area contributed by atoms with Crippen molar-refractivity contribution < 1.29 is 19.1 Å². The molecular weight excluding hydrogens is 332 g/mol. The summed E-state index contributed by atoms with van der Waals surface area (Å²) < 4.78 is 4.97. The predicted molar refractivity (Wildman–Crippen MR) is 99.5 cm³/mol. The number of amides is 1. The van der Waals surface area contributed by atoms with E-state index in [0.29, 0.717) is 18.5 Å². The van der Waals surface area contributed by atoms with Crippen LogP contribution in [0.15, 0.2) is 29.5 Å². The minimum absolute atomic E-state index is 0.0822. The van der Waals surface area contributed by atoms with E-state index >= 15 is 0 Å². The summed E-state index contributed by atoms with van der Waals surface area (Å²) in [5.74, 6) is -0.419. The SMILES string of the molecule is C=CCOC(=O)CCc1c(C=O)[nH]c(/C=C2/NC(=O)C(CC)=C2C)c1C. The van der Waals surface area contributed by atoms with E-state index in [9.17, 15) is 14.4 Å². The van der Waals surface area contributed by atoms with Crippen molar-refractivity contribution in [3.05, 3.63) is 52.0 Å². The number of carbonyl (C=O) groups is 3. The zero-order chi connectivity index (χ0) is 19.3. The number of hydrogen-bond donors (Lipinski definition) is 2. The van der Waals surface area contributed by atoms with Crippen molar-refractivity contribution in [3.63, 3.8) is 0 Å². The smallest absolute Gasteiger partial charge is 0.306 e. The monoisotopic (exact) mass is 356 g/mol. The van der Waals surface area contributed by atoms with Gasteiger partial charge in [0.25, 0.3) is 5.91 Å². The number of aromatic nitrogens is 1. The highest BCUT2D eigenvalue weighted by molar-refractivity contribution is 6.01. The summed E-state index contributed by atoms with van der Waals surface area (Å²) in [7, 11) is 0. The van der Waals surface area contributed by atoms with Gasteiger partial charge in [-0.15, -0.1) is 0 Å². The van der Waals surface area contributed by atoms with Crippen molar-refractivity contribution in [2.24, 2.45) is 0 Å². The van der Waals surface area contributed by atoms with Gasteiger partial charge >= 0.3 is 5.97 Å². The summed E-state index contributed by atoms with van der Waals surface area (Å²) in [4.78, 5) is 38.1. The van der Waals surface area contributed by atoms with E-state index in [0.717, 1.165) is 40.0 Å². The summed E-state index contributed by atoms with van der Waals surface area (Å²) in [6.07, 6.45) is 5.33. The first-order chi connectivity index (χ1) is 12.4. The third-order valence-corrected chi connectivity index (χ3v) is 4.53. The largest absolute Gasteiger partial charge is 0.461 e. The molecule has 0 fully saturated rings. The van der Waals surface area contributed by atoms with Gasteiger partial charge in [-0.1, -0.05) is 19.6 Å². The Balaban J connectivity index is 2.26. The Kier molecular flexibility index (Phi) is 6.33. The quantitative estimate of drug-likeness (QED) is 0.426. The van der Waals surface area contributed by atoms with Crippen LogP contribution in [0.3, 0.4) is 0 Å². The van der Waals surface area contributed by atoms with Crippen LogP contribution >= 0.6 is 0 Å². The standard InChI is InChI=1S/C20H24N2O4/c1-5-9-26-19(24)8-7-15-13(4)16(21-18(15)11-23)10-17-12(3)14(6-2)20(25)22-17/h5,10-11,21H,1,6-9H2,2-4H3,(H,22,25)/b17-10+. The zero-order valence-electron chi connectivity index (χ0n) is 15.4. The van der Waals surface area contributed by atoms with Gasteiger partial charge in [0.05, 0.1) is 5.69 Å². The second-order valence-electron chi connectivity index (χ2n) is 6.11. The molecule has 6 nitrogen and oxygen atoms in total. The lowest BCUT2D eigenvalue weighted by Crippen LogP contribution is -2.16. The molecule has 0 aliphatic carbocycles. The van der Waals surface area contributed by atoms with Crippen molar-refractivity contribution in [3.8, 4) is 0 Å². The normalized spacial score (nSPS) is 15.3. The molecule has 0 aromatic carbocycles. The first kappa shape index (κ1) is 19.4. The molecule has 1 aliphatic heterocycles. The number of H-pyrrole nitrogens is 1. The second kappa shape index (κ2) is 8.47. The van der Waals surface area contributed by atoms with E-state index in [1.165, 1.54) is 6.08 Å². The average molecular weight is 356 g/mol. The molecule has 0 saturated heterocycles. The number of carbonyl (C=O) groups excluding carboxylic acids is 3. The molecule has 0 radical (unpaired) electrons. The van der Waals surface area contributed by atoms with E-state index in [1.54, 1.807) is 0 Å².